The van der Waals surface area contributed by atoms with Crippen LogP contribution >= 0.6 is 11.6 Å². The molecular weight excluding hydrogens is 346 g/mol. The summed E-state index contributed by atoms with van der Waals surface area (Å²) in [4.78, 5) is 22.5. The van der Waals surface area contributed by atoms with Gasteiger partial charge in [-0.25, -0.2) is 4.79 Å². The minimum absolute atomic E-state index is 0.230. The first-order valence-electron chi connectivity index (χ1n) is 7.26. The standard InChI is InChI=1S/C18H16ClNO5/c1-24-15-9-12(7-8-18(22)23)14(19)10-16(15)25-11-17(21)20-13-5-3-2-4-6-13/h2-10H,11H2,1H3,(H,20,21)(H,22,23)/b8-7+. The summed E-state index contributed by atoms with van der Waals surface area (Å²) in [5, 5.41) is 11.7. The zero-order valence-corrected chi connectivity index (χ0v) is 14.1. The van der Waals surface area contributed by atoms with Gasteiger partial charge in [0.25, 0.3) is 5.91 Å². The zero-order valence-electron chi connectivity index (χ0n) is 13.4. The number of benzene rings is 2. The van der Waals surface area contributed by atoms with Gasteiger partial charge in [0.1, 0.15) is 0 Å². The number of carbonyl (C=O) groups is 2. The molecule has 0 saturated carbocycles. The summed E-state index contributed by atoms with van der Waals surface area (Å²) in [6.07, 6.45) is 2.31. The second kappa shape index (κ2) is 8.75. The molecule has 2 aromatic carbocycles. The molecule has 0 atom stereocenters. The summed E-state index contributed by atoms with van der Waals surface area (Å²) in [5.74, 6) is -0.808. The topological polar surface area (TPSA) is 84.9 Å². The number of carbonyl (C=O) groups excluding carboxylic acids is 1. The predicted molar refractivity (Wildman–Crippen MR) is 95.2 cm³/mol. The van der Waals surface area contributed by atoms with Crippen LogP contribution in [0.4, 0.5) is 5.69 Å². The molecule has 0 aliphatic heterocycles. The highest BCUT2D eigenvalue weighted by atomic mass is 35.5. The van der Waals surface area contributed by atoms with Crippen LogP contribution in [0.25, 0.3) is 6.08 Å². The van der Waals surface area contributed by atoms with Gasteiger partial charge in [-0.2, -0.15) is 0 Å². The van der Waals surface area contributed by atoms with Gasteiger partial charge in [0.15, 0.2) is 18.1 Å². The maximum absolute atomic E-state index is 11.9. The van der Waals surface area contributed by atoms with Gasteiger partial charge in [0.2, 0.25) is 0 Å². The maximum atomic E-state index is 11.9. The number of para-hydroxylation sites is 1. The number of anilines is 1. The molecule has 0 bridgehead atoms. The van der Waals surface area contributed by atoms with Crippen molar-refractivity contribution < 1.29 is 24.2 Å². The van der Waals surface area contributed by atoms with Crippen molar-refractivity contribution in [3.8, 4) is 11.5 Å². The number of carboxylic acid groups (broad SMARTS) is 1. The fourth-order valence-corrected chi connectivity index (χ4v) is 2.19. The number of carboxylic acids is 1. The molecule has 1 amide bonds. The summed E-state index contributed by atoms with van der Waals surface area (Å²) in [6.45, 7) is -0.230. The molecule has 7 heteroatoms. The molecule has 0 aliphatic rings. The molecule has 6 nitrogen and oxygen atoms in total. The van der Waals surface area contributed by atoms with E-state index in [2.05, 4.69) is 5.32 Å². The number of rotatable bonds is 7. The van der Waals surface area contributed by atoms with Crippen LogP contribution in [0.15, 0.2) is 48.5 Å². The summed E-state index contributed by atoms with van der Waals surface area (Å²) in [5.41, 5.74) is 1.12. The number of methoxy groups -OCH3 is 1. The predicted octanol–water partition coefficient (Wildman–Crippen LogP) is 3.46. The van der Waals surface area contributed by atoms with Gasteiger partial charge in [-0.05, 0) is 29.8 Å². The summed E-state index contributed by atoms with van der Waals surface area (Å²) in [7, 11) is 1.44. The Morgan fingerprint density at radius 2 is 1.92 bits per heavy atom. The largest absolute Gasteiger partial charge is 0.493 e. The van der Waals surface area contributed by atoms with Crippen LogP contribution < -0.4 is 14.8 Å². The van der Waals surface area contributed by atoms with Gasteiger partial charge in [0, 0.05) is 17.8 Å². The highest BCUT2D eigenvalue weighted by molar-refractivity contribution is 6.32. The van der Waals surface area contributed by atoms with E-state index in [9.17, 15) is 9.59 Å². The van der Waals surface area contributed by atoms with Crippen molar-refractivity contribution in [2.24, 2.45) is 0 Å². The van der Waals surface area contributed by atoms with Crippen LogP contribution in [0, 0.1) is 0 Å². The Hall–Kier alpha value is -2.99. The molecule has 0 heterocycles. The lowest BCUT2D eigenvalue weighted by Gasteiger charge is -2.12. The van der Waals surface area contributed by atoms with E-state index < -0.39 is 5.97 Å². The van der Waals surface area contributed by atoms with Crippen LogP contribution in [0.3, 0.4) is 0 Å². The molecule has 0 unspecified atom stereocenters. The second-order valence-electron chi connectivity index (χ2n) is 4.90. The molecule has 2 rings (SSSR count). The van der Waals surface area contributed by atoms with Crippen LogP contribution in [-0.4, -0.2) is 30.7 Å². The number of aliphatic carboxylic acids is 1. The zero-order chi connectivity index (χ0) is 18.2. The Labute approximate surface area is 149 Å². The molecule has 0 saturated heterocycles. The number of hydrogen-bond acceptors (Lipinski definition) is 4. The van der Waals surface area contributed by atoms with Gasteiger partial charge in [0.05, 0.1) is 12.1 Å². The van der Waals surface area contributed by atoms with Gasteiger partial charge in [-0.15, -0.1) is 0 Å². The Balaban J connectivity index is 2.07. The summed E-state index contributed by atoms with van der Waals surface area (Å²) >= 11 is 6.11. The van der Waals surface area contributed by atoms with Gasteiger partial charge >= 0.3 is 5.97 Å². The number of amides is 1. The first-order valence-corrected chi connectivity index (χ1v) is 7.63. The van der Waals surface area contributed by atoms with Gasteiger partial charge in [-0.3, -0.25) is 4.79 Å². The van der Waals surface area contributed by atoms with Crippen molar-refractivity contribution in [3.63, 3.8) is 0 Å². The van der Waals surface area contributed by atoms with E-state index in [-0.39, 0.29) is 23.3 Å². The Bertz CT molecular complexity index is 790. The Morgan fingerprint density at radius 1 is 1.20 bits per heavy atom. The lowest BCUT2D eigenvalue weighted by Crippen LogP contribution is -2.20. The van der Waals surface area contributed by atoms with Crippen LogP contribution in [-0.2, 0) is 9.59 Å². The van der Waals surface area contributed by atoms with Crippen molar-refractivity contribution in [3.05, 3.63) is 59.1 Å². The molecule has 2 N–H and O–H groups in total. The minimum Gasteiger partial charge on any atom is -0.493 e. The van der Waals surface area contributed by atoms with E-state index in [0.29, 0.717) is 17.0 Å². The van der Waals surface area contributed by atoms with E-state index in [1.165, 1.54) is 25.3 Å². The highest BCUT2D eigenvalue weighted by Crippen LogP contribution is 2.34. The average molecular weight is 362 g/mol. The molecule has 0 aliphatic carbocycles. The first kappa shape index (κ1) is 18.4. The smallest absolute Gasteiger partial charge is 0.328 e. The quantitative estimate of drug-likeness (QED) is 0.738. The molecule has 130 valence electrons. The molecule has 0 radical (unpaired) electrons. The number of ether oxygens (including phenoxy) is 2. The van der Waals surface area contributed by atoms with Crippen LogP contribution in [0.5, 0.6) is 11.5 Å². The van der Waals surface area contributed by atoms with E-state index >= 15 is 0 Å². The van der Waals surface area contributed by atoms with Crippen molar-refractivity contribution in [1.82, 2.24) is 0 Å². The molecule has 0 aromatic heterocycles. The van der Waals surface area contributed by atoms with Crippen molar-refractivity contribution in [2.75, 3.05) is 19.0 Å². The van der Waals surface area contributed by atoms with E-state index in [1.54, 1.807) is 12.1 Å². The number of hydrogen-bond donors (Lipinski definition) is 2. The molecule has 25 heavy (non-hydrogen) atoms. The molecule has 0 fully saturated rings. The van der Waals surface area contributed by atoms with Crippen LogP contribution in [0.1, 0.15) is 5.56 Å². The maximum Gasteiger partial charge on any atom is 0.328 e. The summed E-state index contributed by atoms with van der Waals surface area (Å²) in [6, 6.07) is 12.0. The minimum atomic E-state index is -1.09. The highest BCUT2D eigenvalue weighted by Gasteiger charge is 2.11. The molecular formula is C18H16ClNO5. The SMILES string of the molecule is COc1cc(/C=C/C(=O)O)c(Cl)cc1OCC(=O)Nc1ccccc1. The van der Waals surface area contributed by atoms with E-state index in [0.717, 1.165) is 6.08 Å². The summed E-state index contributed by atoms with van der Waals surface area (Å²) < 4.78 is 10.7. The molecule has 0 spiro atoms. The Morgan fingerprint density at radius 3 is 2.56 bits per heavy atom. The van der Waals surface area contributed by atoms with E-state index in [4.69, 9.17) is 26.2 Å². The van der Waals surface area contributed by atoms with E-state index in [1.807, 2.05) is 18.2 Å². The fourth-order valence-electron chi connectivity index (χ4n) is 1.97. The number of halogens is 1. The normalized spacial score (nSPS) is 10.5. The third-order valence-electron chi connectivity index (χ3n) is 3.10. The van der Waals surface area contributed by atoms with Crippen LogP contribution in [0.2, 0.25) is 5.02 Å². The Kier molecular flexibility index (Phi) is 6.42. The van der Waals surface area contributed by atoms with Crippen molar-refractivity contribution in [1.29, 1.82) is 0 Å². The second-order valence-corrected chi connectivity index (χ2v) is 5.31. The lowest BCUT2D eigenvalue weighted by molar-refractivity contribution is -0.131. The fraction of sp³-hybridized carbons (Fsp3) is 0.111. The van der Waals surface area contributed by atoms with Gasteiger partial charge < -0.3 is 19.9 Å². The first-order chi connectivity index (χ1) is 12.0. The third kappa shape index (κ3) is 5.54. The third-order valence-corrected chi connectivity index (χ3v) is 3.43. The average Bonchev–Trinajstić information content (AvgIpc) is 2.59. The lowest BCUT2D eigenvalue weighted by atomic mass is 10.2. The van der Waals surface area contributed by atoms with Crippen molar-refractivity contribution >= 4 is 35.2 Å². The van der Waals surface area contributed by atoms with Gasteiger partial charge in [-0.1, -0.05) is 29.8 Å². The van der Waals surface area contributed by atoms with Crippen molar-refractivity contribution in [2.45, 2.75) is 0 Å². The number of nitrogens with one attached hydrogen (secondary N) is 1. The monoisotopic (exact) mass is 361 g/mol. The molecule has 2 aromatic rings.